The fourth-order valence-electron chi connectivity index (χ4n) is 3.32. The second-order valence-corrected chi connectivity index (χ2v) is 6.37. The number of rotatable bonds is 8. The summed E-state index contributed by atoms with van der Waals surface area (Å²) < 4.78 is 5.39. The third-order valence-corrected chi connectivity index (χ3v) is 4.55. The number of aliphatic hydroxyl groups excluding tert-OH is 1. The van der Waals surface area contributed by atoms with Gasteiger partial charge in [0.2, 0.25) is 0 Å². The minimum Gasteiger partial charge on any atom is -0.480 e. The van der Waals surface area contributed by atoms with Crippen molar-refractivity contribution in [2.45, 2.75) is 12.0 Å². The molecule has 0 aromatic heterocycles. The third-order valence-electron chi connectivity index (χ3n) is 4.55. The highest BCUT2D eigenvalue weighted by atomic mass is 16.5. The van der Waals surface area contributed by atoms with E-state index in [0.717, 1.165) is 22.3 Å². The number of aliphatic hydroxyl groups is 1. The van der Waals surface area contributed by atoms with Crippen LogP contribution in [-0.2, 0) is 9.53 Å². The van der Waals surface area contributed by atoms with Gasteiger partial charge in [-0.1, -0.05) is 48.5 Å². The normalized spacial score (nSPS) is 13.5. The minimum absolute atomic E-state index is 0.0409. The lowest BCUT2D eigenvalue weighted by Gasteiger charge is -2.18. The minimum atomic E-state index is -1.01. The average Bonchev–Trinajstić information content (AvgIpc) is 2.99. The molecule has 3 rings (SSSR count). The van der Waals surface area contributed by atoms with E-state index in [9.17, 15) is 14.7 Å². The predicted octanol–water partition coefficient (Wildman–Crippen LogP) is 1.56. The second-order valence-electron chi connectivity index (χ2n) is 6.37. The maximum Gasteiger partial charge on any atom is 0.407 e. The van der Waals surface area contributed by atoms with Crippen molar-refractivity contribution in [3.05, 3.63) is 59.7 Å². The molecule has 0 spiro atoms. The molecule has 7 nitrogen and oxygen atoms in total. The van der Waals surface area contributed by atoms with E-state index >= 15 is 0 Å². The Kier molecular flexibility index (Phi) is 6.05. The molecule has 1 atom stereocenters. The first-order chi connectivity index (χ1) is 13.1. The van der Waals surface area contributed by atoms with Crippen molar-refractivity contribution < 1.29 is 24.5 Å². The number of fused-ring (bicyclic) bond motifs is 3. The molecule has 0 heterocycles. The first-order valence-electron chi connectivity index (χ1n) is 8.75. The number of alkyl carbamates (subject to hydrolysis) is 1. The summed E-state index contributed by atoms with van der Waals surface area (Å²) in [6.07, 6.45) is -0.645. The zero-order valence-electron chi connectivity index (χ0n) is 14.7. The molecule has 1 aliphatic rings. The number of hydrogen-bond acceptors (Lipinski definition) is 5. The number of ether oxygens (including phenoxy) is 1. The van der Waals surface area contributed by atoms with Crippen molar-refractivity contribution in [2.24, 2.45) is 0 Å². The largest absolute Gasteiger partial charge is 0.480 e. The molecule has 0 bridgehead atoms. The maximum absolute atomic E-state index is 12.1. The number of carbonyl (C=O) groups is 2. The summed E-state index contributed by atoms with van der Waals surface area (Å²) >= 11 is 0. The Morgan fingerprint density at radius 3 is 2.19 bits per heavy atom. The standard InChI is InChI=1S/C20H22N2O5/c23-11-13(9-21-10-19(24)25)22-20(26)27-12-18-16-7-3-1-5-14(16)15-6-2-4-8-17(15)18/h1-8,13,18,21,23H,9-12H2,(H,22,26)(H,24,25)/t13-/m0/s1. The lowest BCUT2D eigenvalue weighted by atomic mass is 9.98. The van der Waals surface area contributed by atoms with Crippen molar-refractivity contribution in [1.82, 2.24) is 10.6 Å². The van der Waals surface area contributed by atoms with Gasteiger partial charge in [0, 0.05) is 12.5 Å². The van der Waals surface area contributed by atoms with Crippen LogP contribution in [0.4, 0.5) is 4.79 Å². The van der Waals surface area contributed by atoms with E-state index in [1.165, 1.54) is 0 Å². The van der Waals surface area contributed by atoms with Gasteiger partial charge < -0.3 is 25.6 Å². The van der Waals surface area contributed by atoms with Crippen molar-refractivity contribution in [1.29, 1.82) is 0 Å². The molecule has 0 saturated carbocycles. The molecule has 4 N–H and O–H groups in total. The number of nitrogens with one attached hydrogen (secondary N) is 2. The highest BCUT2D eigenvalue weighted by molar-refractivity contribution is 5.79. The van der Waals surface area contributed by atoms with E-state index in [2.05, 4.69) is 22.8 Å². The summed E-state index contributed by atoms with van der Waals surface area (Å²) in [7, 11) is 0. The smallest absolute Gasteiger partial charge is 0.407 e. The Hall–Kier alpha value is -2.90. The zero-order valence-corrected chi connectivity index (χ0v) is 14.7. The summed E-state index contributed by atoms with van der Waals surface area (Å²) in [5.41, 5.74) is 4.53. The average molecular weight is 370 g/mol. The molecule has 0 aliphatic heterocycles. The number of amides is 1. The molecule has 7 heteroatoms. The zero-order chi connectivity index (χ0) is 19.2. The van der Waals surface area contributed by atoms with Crippen LogP contribution >= 0.6 is 0 Å². The molecule has 142 valence electrons. The van der Waals surface area contributed by atoms with Gasteiger partial charge >= 0.3 is 12.1 Å². The fraction of sp³-hybridized carbons (Fsp3) is 0.300. The van der Waals surface area contributed by atoms with E-state index < -0.39 is 18.1 Å². The molecular weight excluding hydrogens is 348 g/mol. The molecule has 0 fully saturated rings. The van der Waals surface area contributed by atoms with Gasteiger partial charge in [0.05, 0.1) is 19.2 Å². The molecule has 2 aromatic rings. The van der Waals surface area contributed by atoms with Crippen molar-refractivity contribution in [2.75, 3.05) is 26.3 Å². The molecular formula is C20H22N2O5. The topological polar surface area (TPSA) is 108 Å². The van der Waals surface area contributed by atoms with Gasteiger partial charge in [0.15, 0.2) is 0 Å². The molecule has 27 heavy (non-hydrogen) atoms. The first-order valence-corrected chi connectivity index (χ1v) is 8.75. The highest BCUT2D eigenvalue weighted by Gasteiger charge is 2.29. The highest BCUT2D eigenvalue weighted by Crippen LogP contribution is 2.44. The summed E-state index contributed by atoms with van der Waals surface area (Å²) in [4.78, 5) is 22.6. The van der Waals surface area contributed by atoms with Crippen LogP contribution in [0.1, 0.15) is 17.0 Å². The van der Waals surface area contributed by atoms with Crippen LogP contribution in [0.5, 0.6) is 0 Å². The van der Waals surface area contributed by atoms with Gasteiger partial charge in [-0.25, -0.2) is 4.79 Å². The molecule has 1 aliphatic carbocycles. The van der Waals surface area contributed by atoms with Gasteiger partial charge in [-0.3, -0.25) is 4.79 Å². The van der Waals surface area contributed by atoms with Gasteiger partial charge in [-0.2, -0.15) is 0 Å². The van der Waals surface area contributed by atoms with Crippen LogP contribution in [0.25, 0.3) is 11.1 Å². The first kappa shape index (κ1) is 18.9. The number of aliphatic carboxylic acids is 1. The van der Waals surface area contributed by atoms with Gasteiger partial charge in [0.1, 0.15) is 6.61 Å². The Morgan fingerprint density at radius 1 is 1.04 bits per heavy atom. The Balaban J connectivity index is 1.59. The Morgan fingerprint density at radius 2 is 1.63 bits per heavy atom. The number of carboxylic acids is 1. The van der Waals surface area contributed by atoms with Crippen LogP contribution in [0.15, 0.2) is 48.5 Å². The van der Waals surface area contributed by atoms with Crippen LogP contribution in [0.2, 0.25) is 0 Å². The number of hydrogen-bond donors (Lipinski definition) is 4. The number of carboxylic acid groups (broad SMARTS) is 1. The summed E-state index contributed by atoms with van der Waals surface area (Å²) in [5.74, 6) is -1.05. The van der Waals surface area contributed by atoms with Crippen molar-refractivity contribution in [3.63, 3.8) is 0 Å². The Bertz CT molecular complexity index is 778. The maximum atomic E-state index is 12.1. The predicted molar refractivity (Wildman–Crippen MR) is 99.6 cm³/mol. The van der Waals surface area contributed by atoms with Crippen LogP contribution in [0.3, 0.4) is 0 Å². The fourth-order valence-corrected chi connectivity index (χ4v) is 3.32. The third kappa shape index (κ3) is 4.45. The van der Waals surface area contributed by atoms with Crippen molar-refractivity contribution in [3.8, 4) is 11.1 Å². The molecule has 0 radical (unpaired) electrons. The van der Waals surface area contributed by atoms with Gasteiger partial charge in [-0.05, 0) is 22.3 Å². The van der Waals surface area contributed by atoms with E-state index in [1.54, 1.807) is 0 Å². The number of carbonyl (C=O) groups excluding carboxylic acids is 1. The SMILES string of the molecule is O=C(O)CNC[C@@H](CO)NC(=O)OCC1c2ccccc2-c2ccccc21. The van der Waals surface area contributed by atoms with E-state index in [0.29, 0.717) is 0 Å². The second kappa shape index (κ2) is 8.66. The molecule has 1 amide bonds. The van der Waals surface area contributed by atoms with E-state index in [1.807, 2.05) is 36.4 Å². The van der Waals surface area contributed by atoms with Crippen LogP contribution < -0.4 is 10.6 Å². The monoisotopic (exact) mass is 370 g/mol. The molecule has 0 saturated heterocycles. The number of benzene rings is 2. The summed E-state index contributed by atoms with van der Waals surface area (Å²) in [6.45, 7) is -0.257. The van der Waals surface area contributed by atoms with E-state index in [-0.39, 0.29) is 32.2 Å². The molecule has 2 aromatic carbocycles. The summed E-state index contributed by atoms with van der Waals surface area (Å²) in [5, 5.41) is 23.1. The van der Waals surface area contributed by atoms with Crippen molar-refractivity contribution >= 4 is 12.1 Å². The van der Waals surface area contributed by atoms with E-state index in [4.69, 9.17) is 9.84 Å². The molecule has 0 unspecified atom stereocenters. The van der Waals surface area contributed by atoms with Gasteiger partial charge in [-0.15, -0.1) is 0 Å². The van der Waals surface area contributed by atoms with Crippen LogP contribution in [0, 0.1) is 0 Å². The quantitative estimate of drug-likeness (QED) is 0.562. The summed E-state index contributed by atoms with van der Waals surface area (Å²) in [6, 6.07) is 15.5. The lowest BCUT2D eigenvalue weighted by Crippen LogP contribution is -2.45. The van der Waals surface area contributed by atoms with Gasteiger partial charge in [0.25, 0.3) is 0 Å². The van der Waals surface area contributed by atoms with Crippen LogP contribution in [-0.4, -0.2) is 54.6 Å². The Labute approximate surface area is 157 Å². The lowest BCUT2D eigenvalue weighted by molar-refractivity contribution is -0.135.